The van der Waals surface area contributed by atoms with Crippen LogP contribution in [0.25, 0.3) is 11.5 Å². The molecule has 1 aliphatic carbocycles. The summed E-state index contributed by atoms with van der Waals surface area (Å²) in [6.45, 7) is 0. The van der Waals surface area contributed by atoms with Crippen molar-refractivity contribution < 1.29 is 9.21 Å². The largest absolute Gasteiger partial charge is 0.412 e. The summed E-state index contributed by atoms with van der Waals surface area (Å²) in [7, 11) is 0. The Morgan fingerprint density at radius 2 is 1.86 bits per heavy atom. The number of nitrogen functional groups attached to an aromatic ring is 1. The second kappa shape index (κ2) is 6.60. The Hall–Kier alpha value is -2.37. The molecule has 0 spiro atoms. The lowest BCUT2D eigenvalue weighted by Gasteiger charge is -2.14. The molecule has 1 aliphatic rings. The first-order valence-electron chi connectivity index (χ1n) is 7.73. The van der Waals surface area contributed by atoms with Crippen LogP contribution in [0.2, 0.25) is 0 Å². The predicted molar refractivity (Wildman–Crippen MR) is 83.1 cm³/mol. The number of carbonyl (C=O) groups excluding carboxylic acids is 1. The lowest BCUT2D eigenvalue weighted by Crippen LogP contribution is -2.34. The number of carbonyl (C=O) groups is 1. The maximum absolute atomic E-state index is 12.2. The van der Waals surface area contributed by atoms with Crippen LogP contribution in [0.5, 0.6) is 0 Å². The first-order chi connectivity index (χ1) is 10.7. The summed E-state index contributed by atoms with van der Waals surface area (Å²) in [6.07, 6.45) is 6.81. The minimum Gasteiger partial charge on any atom is -0.412 e. The minimum absolute atomic E-state index is 0.0116. The monoisotopic (exact) mass is 300 g/mol. The van der Waals surface area contributed by atoms with Crippen LogP contribution in [0, 0.1) is 0 Å². The normalized spacial score (nSPS) is 16.2. The molecule has 1 aromatic heterocycles. The third-order valence-corrected chi connectivity index (χ3v) is 4.00. The molecule has 0 bridgehead atoms. The number of para-hydroxylation sites is 1. The Labute approximate surface area is 129 Å². The van der Waals surface area contributed by atoms with Crippen molar-refractivity contribution in [3.05, 3.63) is 30.2 Å². The summed E-state index contributed by atoms with van der Waals surface area (Å²) >= 11 is 0. The maximum atomic E-state index is 12.2. The van der Waals surface area contributed by atoms with E-state index in [0.29, 0.717) is 11.3 Å². The van der Waals surface area contributed by atoms with Gasteiger partial charge in [0.15, 0.2) is 0 Å². The van der Waals surface area contributed by atoms with Gasteiger partial charge < -0.3 is 15.5 Å². The molecular formula is C16H20N4O2. The van der Waals surface area contributed by atoms with Gasteiger partial charge in [-0.15, -0.1) is 10.2 Å². The van der Waals surface area contributed by atoms with Crippen LogP contribution in [0.1, 0.15) is 49.2 Å². The molecule has 1 heterocycles. The molecule has 3 N–H and O–H groups in total. The summed E-state index contributed by atoms with van der Waals surface area (Å²) in [5.74, 6) is -0.0493. The second-order valence-electron chi connectivity index (χ2n) is 5.66. The van der Waals surface area contributed by atoms with Crippen LogP contribution >= 0.6 is 0 Å². The molecule has 0 saturated heterocycles. The van der Waals surface area contributed by atoms with Gasteiger partial charge in [-0.1, -0.05) is 37.8 Å². The number of hydrogen-bond donors (Lipinski definition) is 2. The number of nitrogens with zero attached hydrogens (tertiary/aromatic N) is 2. The molecule has 1 aromatic carbocycles. The summed E-state index contributed by atoms with van der Waals surface area (Å²) in [4.78, 5) is 12.2. The average molecular weight is 300 g/mol. The lowest BCUT2D eigenvalue weighted by atomic mass is 10.1. The number of aromatic nitrogens is 2. The van der Waals surface area contributed by atoms with Gasteiger partial charge in [0.25, 0.3) is 0 Å². The number of amides is 1. The fraction of sp³-hybridized carbons (Fsp3) is 0.438. The maximum Gasteiger partial charge on any atom is 0.309 e. The first kappa shape index (κ1) is 14.6. The van der Waals surface area contributed by atoms with E-state index in [0.717, 1.165) is 25.7 Å². The van der Waals surface area contributed by atoms with E-state index in [1.54, 1.807) is 12.1 Å². The van der Waals surface area contributed by atoms with Crippen LogP contribution < -0.4 is 11.1 Å². The summed E-state index contributed by atoms with van der Waals surface area (Å²) < 4.78 is 5.47. The van der Waals surface area contributed by atoms with Crippen molar-refractivity contribution >= 4 is 11.6 Å². The molecule has 1 saturated carbocycles. The average Bonchev–Trinajstić information content (AvgIpc) is 2.87. The van der Waals surface area contributed by atoms with E-state index in [2.05, 4.69) is 15.5 Å². The van der Waals surface area contributed by atoms with E-state index in [4.69, 9.17) is 10.2 Å². The molecule has 0 radical (unpaired) electrons. The van der Waals surface area contributed by atoms with Crippen LogP contribution in [0.3, 0.4) is 0 Å². The highest BCUT2D eigenvalue weighted by Crippen LogP contribution is 2.24. The molecule has 2 aromatic rings. The molecule has 22 heavy (non-hydrogen) atoms. The van der Waals surface area contributed by atoms with E-state index >= 15 is 0 Å². The Morgan fingerprint density at radius 1 is 1.14 bits per heavy atom. The summed E-state index contributed by atoms with van der Waals surface area (Å²) in [5.41, 5.74) is 7.06. The topological polar surface area (TPSA) is 94.0 Å². The Morgan fingerprint density at radius 3 is 2.59 bits per heavy atom. The fourth-order valence-corrected chi connectivity index (χ4v) is 2.79. The molecule has 6 heteroatoms. The summed E-state index contributed by atoms with van der Waals surface area (Å²) in [5, 5.41) is 10.7. The Kier molecular flexibility index (Phi) is 4.37. The highest BCUT2D eigenvalue weighted by Gasteiger charge is 2.21. The number of anilines is 1. The van der Waals surface area contributed by atoms with Gasteiger partial charge >= 0.3 is 11.8 Å². The molecule has 0 aliphatic heterocycles. The molecule has 3 rings (SSSR count). The standard InChI is InChI=1S/C16H20N4O2/c17-13-10-6-5-9-12(13)15-19-20-16(22-15)14(21)18-11-7-3-1-2-4-8-11/h5-6,9-11H,1-4,7-8,17H2,(H,18,21). The highest BCUT2D eigenvalue weighted by molar-refractivity contribution is 5.90. The van der Waals surface area contributed by atoms with Gasteiger partial charge in [-0.2, -0.15) is 0 Å². The number of nitrogens with one attached hydrogen (secondary N) is 1. The zero-order valence-electron chi connectivity index (χ0n) is 12.4. The predicted octanol–water partition coefficient (Wildman–Crippen LogP) is 2.77. The van der Waals surface area contributed by atoms with Gasteiger partial charge in [0.2, 0.25) is 5.89 Å². The van der Waals surface area contributed by atoms with Crippen molar-refractivity contribution in [2.75, 3.05) is 5.73 Å². The number of rotatable bonds is 3. The van der Waals surface area contributed by atoms with Crippen molar-refractivity contribution in [3.63, 3.8) is 0 Å². The number of benzene rings is 1. The van der Waals surface area contributed by atoms with Crippen molar-refractivity contribution in [1.82, 2.24) is 15.5 Å². The zero-order chi connectivity index (χ0) is 15.4. The molecule has 116 valence electrons. The third kappa shape index (κ3) is 3.27. The lowest BCUT2D eigenvalue weighted by molar-refractivity contribution is 0.0899. The Bertz CT molecular complexity index is 645. The third-order valence-electron chi connectivity index (χ3n) is 4.00. The van der Waals surface area contributed by atoms with E-state index in [9.17, 15) is 4.79 Å². The van der Waals surface area contributed by atoms with E-state index in [1.807, 2.05) is 12.1 Å². The van der Waals surface area contributed by atoms with Gasteiger partial charge in [0, 0.05) is 11.7 Å². The molecule has 6 nitrogen and oxygen atoms in total. The zero-order valence-corrected chi connectivity index (χ0v) is 12.4. The van der Waals surface area contributed by atoms with E-state index < -0.39 is 0 Å². The quantitative estimate of drug-likeness (QED) is 0.671. The van der Waals surface area contributed by atoms with Crippen molar-refractivity contribution in [2.45, 2.75) is 44.6 Å². The van der Waals surface area contributed by atoms with Crippen LogP contribution in [-0.4, -0.2) is 22.1 Å². The van der Waals surface area contributed by atoms with E-state index in [-0.39, 0.29) is 23.7 Å². The van der Waals surface area contributed by atoms with Crippen LogP contribution in [0.15, 0.2) is 28.7 Å². The number of hydrogen-bond acceptors (Lipinski definition) is 5. The van der Waals surface area contributed by atoms with Crippen molar-refractivity contribution in [3.8, 4) is 11.5 Å². The van der Waals surface area contributed by atoms with Crippen LogP contribution in [-0.2, 0) is 0 Å². The molecular weight excluding hydrogens is 280 g/mol. The second-order valence-corrected chi connectivity index (χ2v) is 5.66. The molecule has 0 unspecified atom stereocenters. The molecule has 0 atom stereocenters. The van der Waals surface area contributed by atoms with E-state index in [1.165, 1.54) is 12.8 Å². The van der Waals surface area contributed by atoms with Crippen LogP contribution in [0.4, 0.5) is 5.69 Å². The molecule has 1 fully saturated rings. The smallest absolute Gasteiger partial charge is 0.309 e. The Balaban J connectivity index is 1.70. The van der Waals surface area contributed by atoms with Gasteiger partial charge in [-0.3, -0.25) is 4.79 Å². The highest BCUT2D eigenvalue weighted by atomic mass is 16.4. The van der Waals surface area contributed by atoms with Gasteiger partial charge in [-0.25, -0.2) is 0 Å². The molecule has 1 amide bonds. The number of nitrogens with two attached hydrogens (primary N) is 1. The van der Waals surface area contributed by atoms with Crippen molar-refractivity contribution in [2.24, 2.45) is 0 Å². The fourth-order valence-electron chi connectivity index (χ4n) is 2.79. The van der Waals surface area contributed by atoms with Gasteiger partial charge in [0.1, 0.15) is 0 Å². The summed E-state index contributed by atoms with van der Waals surface area (Å²) in [6, 6.07) is 7.41. The van der Waals surface area contributed by atoms with Gasteiger partial charge in [-0.05, 0) is 25.0 Å². The van der Waals surface area contributed by atoms with Gasteiger partial charge in [0.05, 0.1) is 5.56 Å². The SMILES string of the molecule is Nc1ccccc1-c1nnc(C(=O)NC2CCCCCC2)o1. The van der Waals surface area contributed by atoms with Crippen molar-refractivity contribution in [1.29, 1.82) is 0 Å². The first-order valence-corrected chi connectivity index (χ1v) is 7.73. The minimum atomic E-state index is -0.305.